The second kappa shape index (κ2) is 6.13. The van der Waals surface area contributed by atoms with Crippen LogP contribution in [-0.2, 0) is 0 Å². The minimum atomic E-state index is 0.621. The van der Waals surface area contributed by atoms with E-state index in [0.717, 1.165) is 43.4 Å². The number of H-pyrrole nitrogens is 1. The molecule has 0 radical (unpaired) electrons. The Bertz CT molecular complexity index is 664. The summed E-state index contributed by atoms with van der Waals surface area (Å²) in [4.78, 5) is 11.8. The van der Waals surface area contributed by atoms with Gasteiger partial charge in [0.15, 0.2) is 0 Å². The fourth-order valence-electron chi connectivity index (χ4n) is 2.62. The van der Waals surface area contributed by atoms with Crippen LogP contribution in [0.1, 0.15) is 0 Å². The highest BCUT2D eigenvalue weighted by Gasteiger charge is 2.19. The minimum absolute atomic E-state index is 0.621. The molecule has 1 saturated heterocycles. The number of piperazine rings is 1. The van der Waals surface area contributed by atoms with Crippen LogP contribution in [0.25, 0.3) is 0 Å². The highest BCUT2D eigenvalue weighted by atomic mass is 32.1. The van der Waals surface area contributed by atoms with Gasteiger partial charge >= 0.3 is 0 Å². The van der Waals surface area contributed by atoms with Gasteiger partial charge < -0.3 is 19.5 Å². The molecule has 0 spiro atoms. The van der Waals surface area contributed by atoms with Gasteiger partial charge in [-0.2, -0.15) is 0 Å². The fourth-order valence-corrected chi connectivity index (χ4v) is 2.78. The third kappa shape index (κ3) is 3.00. The topological polar surface area (TPSA) is 44.4 Å². The maximum atomic E-state index is 5.44. The molecule has 2 heterocycles. The summed E-state index contributed by atoms with van der Waals surface area (Å²) < 4.78 is 6.06. The Labute approximate surface area is 129 Å². The van der Waals surface area contributed by atoms with Gasteiger partial charge in [-0.25, -0.2) is 4.98 Å². The lowest BCUT2D eigenvalue weighted by atomic mass is 10.2. The smallest absolute Gasteiger partial charge is 0.142 e. The Balaban J connectivity index is 1.72. The molecule has 1 aliphatic rings. The molecule has 1 aromatic heterocycles. The van der Waals surface area contributed by atoms with Crippen molar-refractivity contribution in [2.24, 2.45) is 0 Å². The minimum Gasteiger partial charge on any atom is -0.495 e. The third-order valence-corrected chi connectivity index (χ3v) is 3.93. The van der Waals surface area contributed by atoms with Gasteiger partial charge in [0.05, 0.1) is 19.1 Å². The normalized spacial score (nSPS) is 15.1. The Morgan fingerprint density at radius 1 is 1.14 bits per heavy atom. The Kier molecular flexibility index (Phi) is 4.06. The van der Waals surface area contributed by atoms with E-state index in [4.69, 9.17) is 17.0 Å². The Morgan fingerprint density at radius 3 is 2.57 bits per heavy atom. The van der Waals surface area contributed by atoms with E-state index in [1.54, 1.807) is 13.4 Å². The van der Waals surface area contributed by atoms with Gasteiger partial charge in [-0.1, -0.05) is 24.4 Å². The van der Waals surface area contributed by atoms with Crippen LogP contribution in [0.4, 0.5) is 11.5 Å². The van der Waals surface area contributed by atoms with Crippen molar-refractivity contribution in [1.29, 1.82) is 0 Å². The zero-order chi connectivity index (χ0) is 14.7. The number of hydrogen-bond donors (Lipinski definition) is 1. The second-order valence-electron chi connectivity index (χ2n) is 4.92. The predicted octanol–water partition coefficient (Wildman–Crippen LogP) is 2.47. The average molecular weight is 302 g/mol. The highest BCUT2D eigenvalue weighted by Crippen LogP contribution is 2.28. The van der Waals surface area contributed by atoms with Crippen molar-refractivity contribution < 1.29 is 4.74 Å². The number of aromatic amines is 1. The summed E-state index contributed by atoms with van der Waals surface area (Å²) in [6.45, 7) is 3.77. The number of aromatic nitrogens is 2. The van der Waals surface area contributed by atoms with Crippen LogP contribution in [0.15, 0.2) is 36.7 Å². The molecule has 0 unspecified atom stereocenters. The SMILES string of the molecule is COc1ccccc1N1CCN(c2cc(=S)nc[nH]2)CC1. The molecule has 3 rings (SSSR count). The van der Waals surface area contributed by atoms with Crippen molar-refractivity contribution in [1.82, 2.24) is 9.97 Å². The van der Waals surface area contributed by atoms with Gasteiger partial charge in [-0.15, -0.1) is 0 Å². The van der Waals surface area contributed by atoms with E-state index in [1.165, 1.54) is 0 Å². The van der Waals surface area contributed by atoms with E-state index in [-0.39, 0.29) is 0 Å². The number of ether oxygens (including phenoxy) is 1. The number of hydrogen-bond acceptors (Lipinski definition) is 5. The lowest BCUT2D eigenvalue weighted by molar-refractivity contribution is 0.413. The number of nitrogens with one attached hydrogen (secondary N) is 1. The molecule has 0 atom stereocenters. The first-order valence-electron chi connectivity index (χ1n) is 6.95. The summed E-state index contributed by atoms with van der Waals surface area (Å²) in [7, 11) is 1.71. The molecule has 0 bridgehead atoms. The van der Waals surface area contributed by atoms with E-state index >= 15 is 0 Å². The van der Waals surface area contributed by atoms with Gasteiger partial charge in [-0.3, -0.25) is 0 Å². The zero-order valence-electron chi connectivity index (χ0n) is 12.0. The van der Waals surface area contributed by atoms with Crippen molar-refractivity contribution in [3.8, 4) is 5.75 Å². The van der Waals surface area contributed by atoms with Crippen molar-refractivity contribution in [3.05, 3.63) is 41.3 Å². The summed E-state index contributed by atoms with van der Waals surface area (Å²) in [6, 6.07) is 10.1. The van der Waals surface area contributed by atoms with Crippen LogP contribution in [0.2, 0.25) is 0 Å². The summed E-state index contributed by atoms with van der Waals surface area (Å²) >= 11 is 5.12. The molecule has 1 aliphatic heterocycles. The number of benzene rings is 1. The standard InChI is InChI=1S/C15H18N4OS/c1-20-13-5-3-2-4-12(13)18-6-8-19(9-7-18)14-10-15(21)17-11-16-14/h2-5,10-11H,6-9H2,1H3,(H,16,17,21). The molecule has 110 valence electrons. The van der Waals surface area contributed by atoms with Crippen molar-refractivity contribution in [2.45, 2.75) is 0 Å². The highest BCUT2D eigenvalue weighted by molar-refractivity contribution is 7.71. The summed E-state index contributed by atoms with van der Waals surface area (Å²) in [5, 5.41) is 0. The van der Waals surface area contributed by atoms with Crippen LogP contribution < -0.4 is 14.5 Å². The Hall–Kier alpha value is -2.08. The van der Waals surface area contributed by atoms with Crippen LogP contribution in [0, 0.1) is 4.64 Å². The molecule has 0 amide bonds. The lowest BCUT2D eigenvalue weighted by Crippen LogP contribution is -2.47. The van der Waals surface area contributed by atoms with E-state index in [0.29, 0.717) is 4.64 Å². The number of para-hydroxylation sites is 2. The monoisotopic (exact) mass is 302 g/mol. The molecule has 21 heavy (non-hydrogen) atoms. The van der Waals surface area contributed by atoms with Crippen molar-refractivity contribution in [2.75, 3.05) is 43.1 Å². The first-order chi connectivity index (χ1) is 10.3. The molecule has 1 N–H and O–H groups in total. The van der Waals surface area contributed by atoms with Crippen molar-refractivity contribution >= 4 is 23.7 Å². The molecule has 6 heteroatoms. The van der Waals surface area contributed by atoms with E-state index in [9.17, 15) is 0 Å². The summed E-state index contributed by atoms with van der Waals surface area (Å²) in [5.41, 5.74) is 1.15. The van der Waals surface area contributed by atoms with E-state index < -0.39 is 0 Å². The van der Waals surface area contributed by atoms with Crippen LogP contribution in [-0.4, -0.2) is 43.3 Å². The molecule has 5 nitrogen and oxygen atoms in total. The van der Waals surface area contributed by atoms with Gasteiger partial charge in [0.2, 0.25) is 0 Å². The van der Waals surface area contributed by atoms with Gasteiger partial charge in [0.1, 0.15) is 16.2 Å². The second-order valence-corrected chi connectivity index (χ2v) is 5.33. The molecular formula is C15H18N4OS. The number of nitrogens with zero attached hydrogens (tertiary/aromatic N) is 3. The number of methoxy groups -OCH3 is 1. The van der Waals surface area contributed by atoms with Crippen LogP contribution in [0.3, 0.4) is 0 Å². The molecule has 1 aromatic carbocycles. The number of anilines is 2. The lowest BCUT2D eigenvalue weighted by Gasteiger charge is -2.37. The zero-order valence-corrected chi connectivity index (χ0v) is 12.8. The van der Waals surface area contributed by atoms with Crippen molar-refractivity contribution in [3.63, 3.8) is 0 Å². The van der Waals surface area contributed by atoms with Gasteiger partial charge in [0.25, 0.3) is 0 Å². The Morgan fingerprint density at radius 2 is 1.86 bits per heavy atom. The first kappa shape index (κ1) is 13.9. The van der Waals surface area contributed by atoms with Gasteiger partial charge in [-0.05, 0) is 12.1 Å². The average Bonchev–Trinajstić information content (AvgIpc) is 2.55. The van der Waals surface area contributed by atoms with Crippen LogP contribution in [0.5, 0.6) is 5.75 Å². The number of rotatable bonds is 3. The van der Waals surface area contributed by atoms with E-state index in [1.807, 2.05) is 24.3 Å². The quantitative estimate of drug-likeness (QED) is 0.883. The first-order valence-corrected chi connectivity index (χ1v) is 7.36. The molecule has 2 aromatic rings. The largest absolute Gasteiger partial charge is 0.495 e. The van der Waals surface area contributed by atoms with E-state index in [2.05, 4.69) is 25.8 Å². The summed E-state index contributed by atoms with van der Waals surface area (Å²) in [5.74, 6) is 1.96. The summed E-state index contributed by atoms with van der Waals surface area (Å²) in [6.07, 6.45) is 1.66. The maximum Gasteiger partial charge on any atom is 0.142 e. The third-order valence-electron chi connectivity index (χ3n) is 3.71. The van der Waals surface area contributed by atoms with Crippen LogP contribution >= 0.6 is 12.2 Å². The fraction of sp³-hybridized carbons (Fsp3) is 0.333. The molecule has 0 saturated carbocycles. The molecular weight excluding hydrogens is 284 g/mol. The predicted molar refractivity (Wildman–Crippen MR) is 86.8 cm³/mol. The van der Waals surface area contributed by atoms with Gasteiger partial charge in [0, 0.05) is 32.2 Å². The molecule has 0 aliphatic carbocycles. The maximum absolute atomic E-state index is 5.44. The molecule has 1 fully saturated rings.